The van der Waals surface area contributed by atoms with Gasteiger partial charge in [0.1, 0.15) is 5.75 Å². The predicted octanol–water partition coefficient (Wildman–Crippen LogP) is 4.43. The minimum Gasteiger partial charge on any atom is -0.452 e. The number of carbonyl (C=O) groups excluding carboxylic acids is 2. The molecular weight excluding hydrogens is 356 g/mol. The molecule has 0 saturated carbocycles. The molecule has 0 heterocycles. The van der Waals surface area contributed by atoms with E-state index in [0.29, 0.717) is 5.69 Å². The third-order valence-electron chi connectivity index (χ3n) is 3.71. The molecule has 2 aromatic rings. The maximum absolute atomic E-state index is 12.1. The summed E-state index contributed by atoms with van der Waals surface area (Å²) >= 11 is 0. The van der Waals surface area contributed by atoms with Gasteiger partial charge in [0.25, 0.3) is 5.91 Å². The number of amides is 1. The van der Waals surface area contributed by atoms with E-state index < -0.39 is 25.1 Å². The SMILES string of the molecule is CCCCc1ccc(NC(=O)COC(=O)c2ccc(OC(F)F)cc2)cc1. The predicted molar refractivity (Wildman–Crippen MR) is 97.0 cm³/mol. The van der Waals surface area contributed by atoms with Crippen LogP contribution in [0.5, 0.6) is 5.75 Å². The Bertz CT molecular complexity index is 746. The smallest absolute Gasteiger partial charge is 0.387 e. The molecule has 0 aliphatic carbocycles. The van der Waals surface area contributed by atoms with Gasteiger partial charge in [-0.15, -0.1) is 0 Å². The van der Waals surface area contributed by atoms with Crippen LogP contribution in [-0.4, -0.2) is 25.1 Å². The Labute approximate surface area is 156 Å². The van der Waals surface area contributed by atoms with Gasteiger partial charge in [0.2, 0.25) is 0 Å². The van der Waals surface area contributed by atoms with Crippen LogP contribution in [0.15, 0.2) is 48.5 Å². The van der Waals surface area contributed by atoms with Crippen LogP contribution in [0, 0.1) is 0 Å². The van der Waals surface area contributed by atoms with E-state index in [9.17, 15) is 18.4 Å². The number of halogens is 2. The summed E-state index contributed by atoms with van der Waals surface area (Å²) in [6.45, 7) is -1.26. The fourth-order valence-electron chi connectivity index (χ4n) is 2.32. The largest absolute Gasteiger partial charge is 0.452 e. The Morgan fingerprint density at radius 1 is 1.04 bits per heavy atom. The lowest BCUT2D eigenvalue weighted by Gasteiger charge is -2.08. The molecule has 0 fully saturated rings. The van der Waals surface area contributed by atoms with Crippen molar-refractivity contribution in [3.63, 3.8) is 0 Å². The van der Waals surface area contributed by atoms with Crippen molar-refractivity contribution in [1.82, 2.24) is 0 Å². The Hall–Kier alpha value is -2.96. The minimum atomic E-state index is -2.94. The summed E-state index contributed by atoms with van der Waals surface area (Å²) in [6.07, 6.45) is 3.21. The van der Waals surface area contributed by atoms with Gasteiger partial charge in [-0.3, -0.25) is 4.79 Å². The second-order valence-corrected chi connectivity index (χ2v) is 5.83. The van der Waals surface area contributed by atoms with Gasteiger partial charge in [0.05, 0.1) is 5.56 Å². The summed E-state index contributed by atoms with van der Waals surface area (Å²) in [6, 6.07) is 12.5. The van der Waals surface area contributed by atoms with E-state index in [1.165, 1.54) is 29.8 Å². The fourth-order valence-corrected chi connectivity index (χ4v) is 2.32. The zero-order valence-corrected chi connectivity index (χ0v) is 14.9. The molecule has 0 aliphatic rings. The number of ether oxygens (including phenoxy) is 2. The number of alkyl halides is 2. The van der Waals surface area contributed by atoms with Crippen LogP contribution < -0.4 is 10.1 Å². The van der Waals surface area contributed by atoms with Crippen LogP contribution in [0.2, 0.25) is 0 Å². The van der Waals surface area contributed by atoms with Crippen LogP contribution >= 0.6 is 0 Å². The summed E-state index contributed by atoms with van der Waals surface area (Å²) in [7, 11) is 0. The molecule has 1 amide bonds. The Morgan fingerprint density at radius 3 is 2.30 bits per heavy atom. The average molecular weight is 377 g/mol. The lowest BCUT2D eigenvalue weighted by molar-refractivity contribution is -0.119. The second kappa shape index (κ2) is 10.3. The van der Waals surface area contributed by atoms with E-state index >= 15 is 0 Å². The molecule has 0 saturated heterocycles. The first kappa shape index (κ1) is 20.4. The van der Waals surface area contributed by atoms with Crippen molar-refractivity contribution in [3.8, 4) is 5.75 Å². The van der Waals surface area contributed by atoms with Crippen molar-refractivity contribution in [3.05, 3.63) is 59.7 Å². The molecule has 27 heavy (non-hydrogen) atoms. The zero-order valence-electron chi connectivity index (χ0n) is 14.9. The Kier molecular flexibility index (Phi) is 7.73. The number of rotatable bonds is 9. The quantitative estimate of drug-likeness (QED) is 0.657. The highest BCUT2D eigenvalue weighted by molar-refractivity contribution is 5.95. The molecule has 0 aliphatic heterocycles. The molecule has 0 unspecified atom stereocenters. The topological polar surface area (TPSA) is 64.6 Å². The van der Waals surface area contributed by atoms with Crippen molar-refractivity contribution in [2.75, 3.05) is 11.9 Å². The van der Waals surface area contributed by atoms with Crippen molar-refractivity contribution >= 4 is 17.6 Å². The number of carbonyl (C=O) groups is 2. The third-order valence-corrected chi connectivity index (χ3v) is 3.71. The number of esters is 1. The summed E-state index contributed by atoms with van der Waals surface area (Å²) < 4.78 is 33.3. The van der Waals surface area contributed by atoms with Crippen molar-refractivity contribution in [1.29, 1.82) is 0 Å². The highest BCUT2D eigenvalue weighted by atomic mass is 19.3. The molecule has 7 heteroatoms. The highest BCUT2D eigenvalue weighted by Crippen LogP contribution is 2.16. The summed E-state index contributed by atoms with van der Waals surface area (Å²) in [5.74, 6) is -1.27. The first-order valence-electron chi connectivity index (χ1n) is 8.58. The second-order valence-electron chi connectivity index (χ2n) is 5.83. The molecule has 0 radical (unpaired) electrons. The molecule has 0 bridgehead atoms. The van der Waals surface area contributed by atoms with Crippen LogP contribution in [0.3, 0.4) is 0 Å². The van der Waals surface area contributed by atoms with Gasteiger partial charge < -0.3 is 14.8 Å². The number of aryl methyl sites for hydroxylation is 1. The van der Waals surface area contributed by atoms with E-state index in [2.05, 4.69) is 17.0 Å². The number of hydrogen-bond acceptors (Lipinski definition) is 4. The first-order chi connectivity index (χ1) is 13.0. The van der Waals surface area contributed by atoms with Gasteiger partial charge in [-0.05, 0) is 54.8 Å². The van der Waals surface area contributed by atoms with E-state index in [4.69, 9.17) is 4.74 Å². The number of hydrogen-bond donors (Lipinski definition) is 1. The number of benzene rings is 2. The number of unbranched alkanes of at least 4 members (excludes halogenated alkanes) is 1. The zero-order chi connectivity index (χ0) is 19.6. The van der Waals surface area contributed by atoms with Crippen molar-refractivity contribution in [2.45, 2.75) is 32.8 Å². The number of nitrogens with one attached hydrogen (secondary N) is 1. The summed E-state index contributed by atoms with van der Waals surface area (Å²) in [5, 5.41) is 2.64. The maximum atomic E-state index is 12.1. The third kappa shape index (κ3) is 7.05. The maximum Gasteiger partial charge on any atom is 0.387 e. The van der Waals surface area contributed by atoms with Crippen LogP contribution in [0.4, 0.5) is 14.5 Å². The van der Waals surface area contributed by atoms with Crippen LogP contribution in [-0.2, 0) is 16.0 Å². The van der Waals surface area contributed by atoms with Gasteiger partial charge in [-0.1, -0.05) is 25.5 Å². The van der Waals surface area contributed by atoms with Gasteiger partial charge in [0, 0.05) is 5.69 Å². The lowest BCUT2D eigenvalue weighted by atomic mass is 10.1. The van der Waals surface area contributed by atoms with Gasteiger partial charge >= 0.3 is 12.6 Å². The van der Waals surface area contributed by atoms with E-state index in [0.717, 1.165) is 19.3 Å². The molecule has 0 atom stereocenters. The molecule has 144 valence electrons. The van der Waals surface area contributed by atoms with Gasteiger partial charge in [0.15, 0.2) is 6.61 Å². The molecular formula is C20H21F2NO4. The molecule has 2 rings (SSSR count). The first-order valence-corrected chi connectivity index (χ1v) is 8.58. The van der Waals surface area contributed by atoms with Crippen molar-refractivity contribution < 1.29 is 27.8 Å². The van der Waals surface area contributed by atoms with E-state index in [-0.39, 0.29) is 11.3 Å². The molecule has 0 spiro atoms. The van der Waals surface area contributed by atoms with Gasteiger partial charge in [-0.2, -0.15) is 8.78 Å². The van der Waals surface area contributed by atoms with E-state index in [1.54, 1.807) is 12.1 Å². The molecule has 1 N–H and O–H groups in total. The Morgan fingerprint density at radius 2 is 1.70 bits per heavy atom. The lowest BCUT2D eigenvalue weighted by Crippen LogP contribution is -2.20. The van der Waals surface area contributed by atoms with Gasteiger partial charge in [-0.25, -0.2) is 4.79 Å². The fraction of sp³-hybridized carbons (Fsp3) is 0.300. The monoisotopic (exact) mass is 377 g/mol. The standard InChI is InChI=1S/C20H21F2NO4/c1-2-3-4-14-5-9-16(10-6-14)23-18(24)13-26-19(25)15-7-11-17(12-8-15)27-20(21)22/h5-12,20H,2-4,13H2,1H3,(H,23,24). The highest BCUT2D eigenvalue weighted by Gasteiger charge is 2.11. The summed E-state index contributed by atoms with van der Waals surface area (Å²) in [5.41, 5.74) is 1.94. The molecule has 2 aromatic carbocycles. The van der Waals surface area contributed by atoms with Crippen LogP contribution in [0.25, 0.3) is 0 Å². The van der Waals surface area contributed by atoms with Crippen LogP contribution in [0.1, 0.15) is 35.7 Å². The molecule has 5 nitrogen and oxygen atoms in total. The van der Waals surface area contributed by atoms with E-state index in [1.807, 2.05) is 12.1 Å². The number of anilines is 1. The Balaban J connectivity index is 1.79. The minimum absolute atomic E-state index is 0.0679. The normalized spacial score (nSPS) is 10.5. The molecule has 0 aromatic heterocycles. The van der Waals surface area contributed by atoms with Crippen molar-refractivity contribution in [2.24, 2.45) is 0 Å². The summed E-state index contributed by atoms with van der Waals surface area (Å²) in [4.78, 5) is 23.8. The average Bonchev–Trinajstić information content (AvgIpc) is 2.65.